The molecule has 0 aliphatic carbocycles. The van der Waals surface area contributed by atoms with Gasteiger partial charge in [0.05, 0.1) is 6.61 Å². The fourth-order valence-electron chi connectivity index (χ4n) is 2.12. The van der Waals surface area contributed by atoms with Crippen molar-refractivity contribution in [2.24, 2.45) is 0 Å². The summed E-state index contributed by atoms with van der Waals surface area (Å²) in [5.41, 5.74) is 4.68. The fraction of sp³-hybridized carbons (Fsp3) is 0.294. The molecule has 0 fully saturated rings. The number of benzene rings is 2. The molecule has 0 aromatic heterocycles. The summed E-state index contributed by atoms with van der Waals surface area (Å²) >= 11 is 0. The van der Waals surface area contributed by atoms with E-state index in [1.165, 1.54) is 11.1 Å². The van der Waals surface area contributed by atoms with Gasteiger partial charge in [0, 0.05) is 12.2 Å². The third-order valence-corrected chi connectivity index (χ3v) is 3.29. The Hall–Kier alpha value is -1.80. The minimum atomic E-state index is 0.0962. The van der Waals surface area contributed by atoms with Gasteiger partial charge in [-0.05, 0) is 42.5 Å². The Bertz CT molecular complexity index is 508. The second-order valence-electron chi connectivity index (χ2n) is 4.82. The summed E-state index contributed by atoms with van der Waals surface area (Å²) in [6, 6.07) is 16.6. The standard InChI is InChI=1S/C17H21NO/c1-14-9-10-16(13-19)12-17(14)18-11-5-8-15-6-3-2-4-7-15/h2-4,6-7,9-10,12,18-19H,5,8,11,13H2,1H3. The zero-order valence-corrected chi connectivity index (χ0v) is 11.4. The van der Waals surface area contributed by atoms with Crippen LogP contribution in [0.25, 0.3) is 0 Å². The summed E-state index contributed by atoms with van der Waals surface area (Å²) in [5, 5.41) is 12.6. The topological polar surface area (TPSA) is 32.3 Å². The first-order chi connectivity index (χ1) is 9.29. The molecule has 0 bridgehead atoms. The molecule has 2 aromatic carbocycles. The summed E-state index contributed by atoms with van der Waals surface area (Å²) in [5.74, 6) is 0. The molecule has 100 valence electrons. The molecular formula is C17H21NO. The van der Waals surface area contributed by atoms with Crippen LogP contribution in [0.2, 0.25) is 0 Å². The molecule has 2 nitrogen and oxygen atoms in total. The van der Waals surface area contributed by atoms with E-state index in [1.807, 2.05) is 24.3 Å². The first-order valence-corrected chi connectivity index (χ1v) is 6.78. The van der Waals surface area contributed by atoms with E-state index < -0.39 is 0 Å². The minimum Gasteiger partial charge on any atom is -0.392 e. The van der Waals surface area contributed by atoms with Gasteiger partial charge in [0.25, 0.3) is 0 Å². The molecule has 2 rings (SSSR count). The molecule has 0 radical (unpaired) electrons. The van der Waals surface area contributed by atoms with E-state index in [9.17, 15) is 0 Å². The normalized spacial score (nSPS) is 10.4. The molecule has 19 heavy (non-hydrogen) atoms. The second kappa shape index (κ2) is 6.95. The Labute approximate surface area is 115 Å². The van der Waals surface area contributed by atoms with Crippen molar-refractivity contribution >= 4 is 5.69 Å². The predicted molar refractivity (Wildman–Crippen MR) is 80.4 cm³/mol. The predicted octanol–water partition coefficient (Wildman–Crippen LogP) is 3.53. The molecule has 0 unspecified atom stereocenters. The maximum Gasteiger partial charge on any atom is 0.0682 e. The van der Waals surface area contributed by atoms with Crippen LogP contribution < -0.4 is 5.32 Å². The summed E-state index contributed by atoms with van der Waals surface area (Å²) in [6.07, 6.45) is 2.19. The van der Waals surface area contributed by atoms with E-state index in [-0.39, 0.29) is 6.61 Å². The van der Waals surface area contributed by atoms with Crippen molar-refractivity contribution in [2.45, 2.75) is 26.4 Å². The molecule has 0 atom stereocenters. The molecule has 2 aromatic rings. The lowest BCUT2D eigenvalue weighted by Gasteiger charge is -2.11. The van der Waals surface area contributed by atoms with Gasteiger partial charge < -0.3 is 10.4 Å². The van der Waals surface area contributed by atoms with Gasteiger partial charge in [-0.2, -0.15) is 0 Å². The summed E-state index contributed by atoms with van der Waals surface area (Å²) < 4.78 is 0. The largest absolute Gasteiger partial charge is 0.392 e. The van der Waals surface area contributed by atoms with Crippen LogP contribution in [0.5, 0.6) is 0 Å². The van der Waals surface area contributed by atoms with Crippen LogP contribution in [0.4, 0.5) is 5.69 Å². The number of aliphatic hydroxyl groups excluding tert-OH is 1. The maximum absolute atomic E-state index is 9.15. The Morgan fingerprint density at radius 3 is 2.53 bits per heavy atom. The van der Waals surface area contributed by atoms with Crippen LogP contribution >= 0.6 is 0 Å². The molecule has 0 heterocycles. The quantitative estimate of drug-likeness (QED) is 0.774. The van der Waals surface area contributed by atoms with Crippen molar-refractivity contribution in [3.05, 3.63) is 65.2 Å². The zero-order valence-electron chi connectivity index (χ0n) is 11.4. The molecule has 0 aliphatic heterocycles. The minimum absolute atomic E-state index is 0.0962. The van der Waals surface area contributed by atoms with Crippen LogP contribution in [0.15, 0.2) is 48.5 Å². The van der Waals surface area contributed by atoms with Crippen LogP contribution in [-0.4, -0.2) is 11.7 Å². The molecule has 0 aliphatic rings. The third kappa shape index (κ3) is 4.11. The van der Waals surface area contributed by atoms with E-state index in [0.29, 0.717) is 0 Å². The molecule has 2 N–H and O–H groups in total. The smallest absolute Gasteiger partial charge is 0.0682 e. The lowest BCUT2D eigenvalue weighted by atomic mass is 10.1. The number of aryl methyl sites for hydroxylation is 2. The van der Waals surface area contributed by atoms with Crippen molar-refractivity contribution in [1.29, 1.82) is 0 Å². The Balaban J connectivity index is 1.82. The molecule has 0 saturated heterocycles. The SMILES string of the molecule is Cc1ccc(CO)cc1NCCCc1ccccc1. The van der Waals surface area contributed by atoms with Crippen LogP contribution in [-0.2, 0) is 13.0 Å². The Morgan fingerprint density at radius 1 is 1.00 bits per heavy atom. The van der Waals surface area contributed by atoms with Crippen LogP contribution in [0.1, 0.15) is 23.1 Å². The van der Waals surface area contributed by atoms with E-state index in [2.05, 4.69) is 36.5 Å². The number of anilines is 1. The molecular weight excluding hydrogens is 234 g/mol. The van der Waals surface area contributed by atoms with Gasteiger partial charge >= 0.3 is 0 Å². The van der Waals surface area contributed by atoms with Crippen LogP contribution in [0.3, 0.4) is 0 Å². The summed E-state index contributed by atoms with van der Waals surface area (Å²) in [4.78, 5) is 0. The number of hydrogen-bond acceptors (Lipinski definition) is 2. The van der Waals surface area contributed by atoms with Gasteiger partial charge in [-0.1, -0.05) is 42.5 Å². The van der Waals surface area contributed by atoms with Crippen molar-refractivity contribution in [3.63, 3.8) is 0 Å². The van der Waals surface area contributed by atoms with Gasteiger partial charge in [-0.15, -0.1) is 0 Å². The van der Waals surface area contributed by atoms with Gasteiger partial charge in [0.2, 0.25) is 0 Å². The highest BCUT2D eigenvalue weighted by atomic mass is 16.3. The average Bonchev–Trinajstić information content (AvgIpc) is 2.46. The van der Waals surface area contributed by atoms with Gasteiger partial charge in [0.1, 0.15) is 0 Å². The van der Waals surface area contributed by atoms with Crippen molar-refractivity contribution in [3.8, 4) is 0 Å². The number of hydrogen-bond donors (Lipinski definition) is 2. The van der Waals surface area contributed by atoms with E-state index in [0.717, 1.165) is 30.6 Å². The number of rotatable bonds is 6. The lowest BCUT2D eigenvalue weighted by molar-refractivity contribution is 0.282. The Morgan fingerprint density at radius 2 is 1.79 bits per heavy atom. The third-order valence-electron chi connectivity index (χ3n) is 3.29. The summed E-state index contributed by atoms with van der Waals surface area (Å²) in [7, 11) is 0. The van der Waals surface area contributed by atoms with E-state index >= 15 is 0 Å². The van der Waals surface area contributed by atoms with Gasteiger partial charge in [-0.25, -0.2) is 0 Å². The lowest BCUT2D eigenvalue weighted by Crippen LogP contribution is -2.05. The van der Waals surface area contributed by atoms with Crippen molar-refractivity contribution in [1.82, 2.24) is 0 Å². The number of aliphatic hydroxyl groups is 1. The zero-order chi connectivity index (χ0) is 13.5. The fourth-order valence-corrected chi connectivity index (χ4v) is 2.12. The van der Waals surface area contributed by atoms with Gasteiger partial charge in [0.15, 0.2) is 0 Å². The second-order valence-corrected chi connectivity index (χ2v) is 4.82. The van der Waals surface area contributed by atoms with E-state index in [4.69, 9.17) is 5.11 Å². The first-order valence-electron chi connectivity index (χ1n) is 6.78. The number of nitrogens with one attached hydrogen (secondary N) is 1. The average molecular weight is 255 g/mol. The molecule has 2 heteroatoms. The summed E-state index contributed by atoms with van der Waals surface area (Å²) in [6.45, 7) is 3.13. The highest BCUT2D eigenvalue weighted by molar-refractivity contribution is 5.52. The molecule has 0 spiro atoms. The highest BCUT2D eigenvalue weighted by Gasteiger charge is 1.99. The van der Waals surface area contributed by atoms with Crippen LogP contribution in [0, 0.1) is 6.92 Å². The van der Waals surface area contributed by atoms with Gasteiger partial charge in [-0.3, -0.25) is 0 Å². The monoisotopic (exact) mass is 255 g/mol. The molecule has 0 saturated carbocycles. The molecule has 0 amide bonds. The van der Waals surface area contributed by atoms with E-state index in [1.54, 1.807) is 0 Å². The Kier molecular flexibility index (Phi) is 4.99. The highest BCUT2D eigenvalue weighted by Crippen LogP contribution is 2.17. The first kappa shape index (κ1) is 13.6. The van der Waals surface area contributed by atoms with Crippen molar-refractivity contribution < 1.29 is 5.11 Å². The van der Waals surface area contributed by atoms with Crippen molar-refractivity contribution in [2.75, 3.05) is 11.9 Å². The maximum atomic E-state index is 9.15.